The van der Waals surface area contributed by atoms with Gasteiger partial charge in [0.05, 0.1) is 19.8 Å². The summed E-state index contributed by atoms with van der Waals surface area (Å²) in [6, 6.07) is 0. The Morgan fingerprint density at radius 1 is 1.00 bits per heavy atom. The van der Waals surface area contributed by atoms with Crippen LogP contribution in [0.4, 0.5) is 0 Å². The summed E-state index contributed by atoms with van der Waals surface area (Å²) >= 11 is 0. The van der Waals surface area contributed by atoms with Crippen LogP contribution in [-0.4, -0.2) is 49.7 Å². The summed E-state index contributed by atoms with van der Waals surface area (Å²) in [4.78, 5) is 0.972. The standard InChI is InChI=1S/C6H14NO3.ClH.Co/c8-4-1-7(2-5-9)3-6-10;;/h8-9H,1-6H2;1H;/q-1;;+2. The molecule has 0 saturated heterocycles. The number of halogens is 1. The first kappa shape index (κ1) is 18.4. The van der Waals surface area contributed by atoms with Crippen LogP contribution in [0.1, 0.15) is 0 Å². The van der Waals surface area contributed by atoms with Gasteiger partial charge in [-0.2, -0.15) is 0 Å². The fraction of sp³-hybridized carbons (Fsp3) is 1.00. The molecule has 0 aliphatic carbocycles. The Morgan fingerprint density at radius 2 is 1.42 bits per heavy atom. The maximum absolute atomic E-state index is 10.1. The number of nitrogens with one attached hydrogen (secondary N) is 1. The molecule has 4 nitrogen and oxygen atoms in total. The Balaban J connectivity index is -0.000000405. The monoisotopic (exact) mass is 243 g/mol. The molecule has 0 atom stereocenters. The Bertz CT molecular complexity index is 65.5. The summed E-state index contributed by atoms with van der Waals surface area (Å²) in [6.07, 6.45) is 0. The molecular formula is C6H15ClCoNO3+. The van der Waals surface area contributed by atoms with Gasteiger partial charge in [0, 0.05) is 0 Å². The Hall–Kier alpha value is 0.636. The SMILES string of the molecule is [Cl-].[Co+2].[O-]CC[NH+](CCO)CCO. The number of quaternary nitrogens is 1. The van der Waals surface area contributed by atoms with Gasteiger partial charge in [-0.25, -0.2) is 0 Å². The summed E-state index contributed by atoms with van der Waals surface area (Å²) in [6.45, 7) is 1.62. The first-order valence-corrected chi connectivity index (χ1v) is 3.48. The van der Waals surface area contributed by atoms with Gasteiger partial charge >= 0.3 is 16.8 Å². The summed E-state index contributed by atoms with van der Waals surface area (Å²) in [5, 5.41) is 27.1. The molecule has 1 radical (unpaired) electrons. The maximum Gasteiger partial charge on any atom is 2.00 e. The molecule has 0 heterocycles. The van der Waals surface area contributed by atoms with Crippen molar-refractivity contribution in [2.45, 2.75) is 0 Å². The van der Waals surface area contributed by atoms with Crippen LogP contribution in [0.15, 0.2) is 0 Å². The Kier molecular flexibility index (Phi) is 21.8. The second-order valence-electron chi connectivity index (χ2n) is 2.15. The van der Waals surface area contributed by atoms with Crippen LogP contribution >= 0.6 is 0 Å². The van der Waals surface area contributed by atoms with Crippen LogP contribution in [0, 0.1) is 0 Å². The minimum Gasteiger partial charge on any atom is -1.00 e. The van der Waals surface area contributed by atoms with Crippen molar-refractivity contribution in [3.05, 3.63) is 0 Å². The fourth-order valence-electron chi connectivity index (χ4n) is 0.836. The van der Waals surface area contributed by atoms with Crippen molar-refractivity contribution in [3.8, 4) is 0 Å². The maximum atomic E-state index is 10.1. The van der Waals surface area contributed by atoms with E-state index in [0.29, 0.717) is 19.6 Å². The van der Waals surface area contributed by atoms with Gasteiger partial charge in [0.15, 0.2) is 0 Å². The predicted octanol–water partition coefficient (Wildman–Crippen LogP) is -6.78. The minimum atomic E-state index is -0.144. The van der Waals surface area contributed by atoms with Crippen molar-refractivity contribution >= 4 is 0 Å². The van der Waals surface area contributed by atoms with Crippen molar-refractivity contribution in [3.63, 3.8) is 0 Å². The molecule has 0 bridgehead atoms. The molecule has 77 valence electrons. The first-order chi connectivity index (χ1) is 4.85. The zero-order valence-corrected chi connectivity index (χ0v) is 8.55. The third-order valence-corrected chi connectivity index (χ3v) is 1.39. The summed E-state index contributed by atoms with van der Waals surface area (Å²) < 4.78 is 0. The molecule has 0 aromatic carbocycles. The van der Waals surface area contributed by atoms with E-state index in [1.54, 1.807) is 0 Å². The predicted molar refractivity (Wildman–Crippen MR) is 34.6 cm³/mol. The van der Waals surface area contributed by atoms with E-state index < -0.39 is 0 Å². The average molecular weight is 244 g/mol. The van der Waals surface area contributed by atoms with E-state index in [4.69, 9.17) is 10.2 Å². The molecule has 0 saturated carbocycles. The third kappa shape index (κ3) is 10.6. The zero-order chi connectivity index (χ0) is 7.82. The van der Waals surface area contributed by atoms with E-state index in [0.717, 1.165) is 4.90 Å². The Labute approximate surface area is 89.2 Å². The van der Waals surface area contributed by atoms with Gasteiger partial charge < -0.3 is 32.6 Å². The molecule has 0 aromatic rings. The van der Waals surface area contributed by atoms with Crippen molar-refractivity contribution < 1.29 is 49.4 Å². The zero-order valence-electron chi connectivity index (χ0n) is 6.76. The number of rotatable bonds is 6. The molecule has 3 N–H and O–H groups in total. The molecule has 0 rings (SSSR count). The normalized spacial score (nSPS) is 9.00. The van der Waals surface area contributed by atoms with Gasteiger partial charge in [-0.05, 0) is 0 Å². The van der Waals surface area contributed by atoms with Crippen LogP contribution in [0.3, 0.4) is 0 Å². The number of aliphatic hydroxyl groups excluding tert-OH is 2. The van der Waals surface area contributed by atoms with Crippen molar-refractivity contribution in [1.29, 1.82) is 0 Å². The van der Waals surface area contributed by atoms with Gasteiger partial charge in [0.2, 0.25) is 0 Å². The van der Waals surface area contributed by atoms with E-state index in [2.05, 4.69) is 0 Å². The van der Waals surface area contributed by atoms with E-state index in [1.807, 2.05) is 0 Å². The number of hydrogen-bond donors (Lipinski definition) is 3. The number of aliphatic hydroxyl groups is 2. The molecule has 0 aliphatic heterocycles. The molecule has 0 aromatic heterocycles. The van der Waals surface area contributed by atoms with Crippen LogP contribution in [-0.2, 0) is 16.8 Å². The minimum absolute atomic E-state index is 0. The van der Waals surface area contributed by atoms with Crippen molar-refractivity contribution in [2.75, 3.05) is 39.5 Å². The fourth-order valence-corrected chi connectivity index (χ4v) is 0.836. The van der Waals surface area contributed by atoms with Crippen molar-refractivity contribution in [2.24, 2.45) is 0 Å². The van der Waals surface area contributed by atoms with Crippen LogP contribution in [0.25, 0.3) is 0 Å². The molecule has 6 heteroatoms. The topological polar surface area (TPSA) is 68.0 Å². The second kappa shape index (κ2) is 14.2. The van der Waals surface area contributed by atoms with Crippen LogP contribution in [0.5, 0.6) is 0 Å². The number of hydrogen-bond acceptors (Lipinski definition) is 3. The molecule has 0 amide bonds. The summed E-state index contributed by atoms with van der Waals surface area (Å²) in [5.74, 6) is 0. The van der Waals surface area contributed by atoms with Crippen molar-refractivity contribution in [1.82, 2.24) is 0 Å². The van der Waals surface area contributed by atoms with Gasteiger partial charge in [0.25, 0.3) is 0 Å². The molecule has 0 unspecified atom stereocenters. The van der Waals surface area contributed by atoms with Gasteiger partial charge in [-0.15, -0.1) is 0 Å². The molecule has 12 heavy (non-hydrogen) atoms. The van der Waals surface area contributed by atoms with E-state index >= 15 is 0 Å². The molecule has 0 fully saturated rings. The van der Waals surface area contributed by atoms with Crippen LogP contribution < -0.4 is 22.4 Å². The summed E-state index contributed by atoms with van der Waals surface area (Å²) in [7, 11) is 0. The molecule has 0 spiro atoms. The van der Waals surface area contributed by atoms with E-state index in [1.165, 1.54) is 0 Å². The van der Waals surface area contributed by atoms with Gasteiger partial charge in [0.1, 0.15) is 13.1 Å². The first-order valence-electron chi connectivity index (χ1n) is 3.48. The van der Waals surface area contributed by atoms with Gasteiger partial charge in [-0.1, -0.05) is 6.61 Å². The smallest absolute Gasteiger partial charge is 1.00 e. The third-order valence-electron chi connectivity index (χ3n) is 1.39. The quantitative estimate of drug-likeness (QED) is 0.434. The van der Waals surface area contributed by atoms with Gasteiger partial charge in [-0.3, -0.25) is 0 Å². The summed E-state index contributed by atoms with van der Waals surface area (Å²) in [5.41, 5.74) is 0. The van der Waals surface area contributed by atoms with E-state index in [-0.39, 0.29) is 49.0 Å². The van der Waals surface area contributed by atoms with E-state index in [9.17, 15) is 5.11 Å². The molecule has 0 aliphatic rings. The largest absolute Gasteiger partial charge is 2.00 e. The van der Waals surface area contributed by atoms with Crippen LogP contribution in [0.2, 0.25) is 0 Å². The average Bonchev–Trinajstić information content (AvgIpc) is 1.90. The molecular weight excluding hydrogens is 228 g/mol. The Morgan fingerprint density at radius 3 is 1.67 bits per heavy atom. The second-order valence-corrected chi connectivity index (χ2v) is 2.15.